The van der Waals surface area contributed by atoms with Crippen molar-refractivity contribution in [3.63, 3.8) is 0 Å². The summed E-state index contributed by atoms with van der Waals surface area (Å²) in [7, 11) is 0. The van der Waals surface area contributed by atoms with Crippen LogP contribution in [0.5, 0.6) is 0 Å². The molecule has 0 aromatic heterocycles. The molecule has 1 aliphatic carbocycles. The Kier molecular flexibility index (Phi) is 7.90. The van der Waals surface area contributed by atoms with Gasteiger partial charge in [0.2, 0.25) is 11.8 Å². The lowest BCUT2D eigenvalue weighted by atomic mass is 9.78. The number of carbonyl (C=O) groups is 4. The number of thioether (sulfide) groups is 1. The van der Waals surface area contributed by atoms with E-state index in [0.29, 0.717) is 30.6 Å². The van der Waals surface area contributed by atoms with Crippen LogP contribution < -0.4 is 10.2 Å². The van der Waals surface area contributed by atoms with Crippen LogP contribution in [0, 0.1) is 11.8 Å². The van der Waals surface area contributed by atoms with E-state index in [-0.39, 0.29) is 17.6 Å². The molecule has 0 bridgehead atoms. The van der Waals surface area contributed by atoms with E-state index in [1.54, 1.807) is 23.1 Å². The summed E-state index contributed by atoms with van der Waals surface area (Å²) in [5, 5.41) is 2.73. The number of carbonyl (C=O) groups excluding carboxylic acids is 4. The first-order valence-corrected chi connectivity index (χ1v) is 13.2. The van der Waals surface area contributed by atoms with Crippen molar-refractivity contribution in [2.45, 2.75) is 43.9 Å². The summed E-state index contributed by atoms with van der Waals surface area (Å²) >= 11 is 1.46. The zero-order chi connectivity index (χ0) is 24.9. The number of rotatable bonds is 7. The molecule has 1 heterocycles. The maximum absolute atomic E-state index is 13.4. The number of ketones is 1. The minimum atomic E-state index is -0.550. The number of nitrogens with zero attached hydrogens (tertiary/aromatic N) is 1. The fraction of sp³-hybridized carbons (Fsp3) is 0.407. The first kappa shape index (κ1) is 25.0. The van der Waals surface area contributed by atoms with Crippen LogP contribution in [0.25, 0.3) is 0 Å². The Morgan fingerprint density at radius 2 is 1.80 bits per heavy atom. The van der Waals surface area contributed by atoms with Crippen molar-refractivity contribution in [3.05, 3.63) is 53.6 Å². The lowest BCUT2D eigenvalue weighted by Gasteiger charge is -2.32. The zero-order valence-electron chi connectivity index (χ0n) is 20.0. The average molecular weight is 495 g/mol. The third-order valence-corrected chi connectivity index (χ3v) is 7.51. The van der Waals surface area contributed by atoms with E-state index in [9.17, 15) is 19.2 Å². The minimum Gasteiger partial charge on any atom is -0.457 e. The molecule has 35 heavy (non-hydrogen) atoms. The number of ether oxygens (including phenoxy) is 1. The maximum atomic E-state index is 13.4. The summed E-state index contributed by atoms with van der Waals surface area (Å²) in [6, 6.07) is 12.9. The van der Waals surface area contributed by atoms with Gasteiger partial charge in [0.05, 0.1) is 17.5 Å². The maximum Gasteiger partial charge on any atom is 0.310 e. The quantitative estimate of drug-likeness (QED) is 0.346. The van der Waals surface area contributed by atoms with Crippen molar-refractivity contribution in [2.75, 3.05) is 29.6 Å². The predicted octanol–water partition coefficient (Wildman–Crippen LogP) is 4.49. The van der Waals surface area contributed by atoms with Gasteiger partial charge in [-0.2, -0.15) is 0 Å². The molecular weight excluding hydrogens is 464 g/mol. The van der Waals surface area contributed by atoms with Crippen LogP contribution in [0.4, 0.5) is 11.4 Å². The Morgan fingerprint density at radius 3 is 2.54 bits per heavy atom. The number of benzene rings is 2. The molecule has 7 nitrogen and oxygen atoms in total. The van der Waals surface area contributed by atoms with Gasteiger partial charge >= 0.3 is 5.97 Å². The number of hydrogen-bond acceptors (Lipinski definition) is 6. The molecule has 2 unspecified atom stereocenters. The molecule has 2 aromatic rings. The number of fused-ring (bicyclic) bond motifs is 1. The molecule has 2 amide bonds. The Bertz CT molecular complexity index is 1150. The van der Waals surface area contributed by atoms with Gasteiger partial charge in [0.15, 0.2) is 12.4 Å². The number of para-hydroxylation sites is 1. The summed E-state index contributed by atoms with van der Waals surface area (Å²) in [4.78, 5) is 53.3. The second kappa shape index (κ2) is 11.1. The molecule has 1 aliphatic heterocycles. The van der Waals surface area contributed by atoms with Crippen molar-refractivity contribution < 1.29 is 23.9 Å². The molecule has 4 rings (SSSR count). The molecule has 1 fully saturated rings. The second-order valence-corrected chi connectivity index (χ2v) is 9.84. The van der Waals surface area contributed by atoms with Crippen LogP contribution >= 0.6 is 11.8 Å². The number of esters is 1. The topological polar surface area (TPSA) is 92.8 Å². The highest BCUT2D eigenvalue weighted by Crippen LogP contribution is 2.36. The smallest absolute Gasteiger partial charge is 0.310 e. The van der Waals surface area contributed by atoms with Gasteiger partial charge in [-0.3, -0.25) is 19.2 Å². The van der Waals surface area contributed by atoms with Crippen molar-refractivity contribution in [1.82, 2.24) is 0 Å². The fourth-order valence-corrected chi connectivity index (χ4v) is 5.51. The Hall–Kier alpha value is -3.13. The summed E-state index contributed by atoms with van der Waals surface area (Å²) < 4.78 is 5.44. The van der Waals surface area contributed by atoms with E-state index < -0.39 is 24.4 Å². The highest BCUT2D eigenvalue weighted by Gasteiger charge is 2.40. The lowest BCUT2D eigenvalue weighted by Crippen LogP contribution is -2.42. The average Bonchev–Trinajstić information content (AvgIpc) is 3.30. The van der Waals surface area contributed by atoms with Gasteiger partial charge in [-0.15, -0.1) is 11.8 Å². The minimum absolute atomic E-state index is 0.0319. The normalized spacial score (nSPS) is 19.1. The van der Waals surface area contributed by atoms with Crippen LogP contribution in [0.1, 0.15) is 48.5 Å². The summed E-state index contributed by atoms with van der Waals surface area (Å²) in [5.74, 6) is -2.10. The van der Waals surface area contributed by atoms with E-state index in [0.717, 1.165) is 35.4 Å². The molecule has 1 N–H and O–H groups in total. The van der Waals surface area contributed by atoms with E-state index in [1.807, 2.05) is 30.5 Å². The van der Waals surface area contributed by atoms with E-state index in [1.165, 1.54) is 18.7 Å². The molecule has 0 spiro atoms. The van der Waals surface area contributed by atoms with Gasteiger partial charge < -0.3 is 15.0 Å². The van der Waals surface area contributed by atoms with Gasteiger partial charge in [0.1, 0.15) is 0 Å². The zero-order valence-corrected chi connectivity index (χ0v) is 20.9. The molecule has 184 valence electrons. The van der Waals surface area contributed by atoms with Gasteiger partial charge in [0, 0.05) is 29.6 Å². The van der Waals surface area contributed by atoms with Crippen LogP contribution in [0.15, 0.2) is 47.4 Å². The number of anilines is 2. The van der Waals surface area contributed by atoms with Crippen molar-refractivity contribution >= 4 is 46.7 Å². The van der Waals surface area contributed by atoms with E-state index >= 15 is 0 Å². The molecule has 0 radical (unpaired) electrons. The monoisotopic (exact) mass is 494 g/mol. The lowest BCUT2D eigenvalue weighted by molar-refractivity contribution is -0.153. The van der Waals surface area contributed by atoms with Gasteiger partial charge in [-0.1, -0.05) is 37.1 Å². The molecule has 1 saturated carbocycles. The van der Waals surface area contributed by atoms with Gasteiger partial charge in [0.25, 0.3) is 0 Å². The van der Waals surface area contributed by atoms with Crippen molar-refractivity contribution in [2.24, 2.45) is 11.8 Å². The first-order valence-electron chi connectivity index (χ1n) is 11.9. The Labute approximate surface area is 209 Å². The summed E-state index contributed by atoms with van der Waals surface area (Å²) in [6.45, 7) is 1.63. The molecule has 8 heteroatoms. The number of hydrogen-bond donors (Lipinski definition) is 1. The number of amides is 2. The largest absolute Gasteiger partial charge is 0.457 e. The van der Waals surface area contributed by atoms with Crippen LogP contribution in [0.2, 0.25) is 0 Å². The third-order valence-electron chi connectivity index (χ3n) is 6.72. The Morgan fingerprint density at radius 1 is 1.06 bits per heavy atom. The third kappa shape index (κ3) is 5.59. The highest BCUT2D eigenvalue weighted by molar-refractivity contribution is 7.98. The van der Waals surface area contributed by atoms with E-state index in [2.05, 4.69) is 5.32 Å². The van der Waals surface area contributed by atoms with Crippen molar-refractivity contribution in [3.8, 4) is 0 Å². The molecule has 2 aliphatic rings. The van der Waals surface area contributed by atoms with Gasteiger partial charge in [-0.25, -0.2) is 0 Å². The van der Waals surface area contributed by atoms with Crippen LogP contribution in [-0.4, -0.2) is 43.0 Å². The fourth-order valence-electron chi connectivity index (χ4n) is 4.97. The highest BCUT2D eigenvalue weighted by atomic mass is 32.2. The molecule has 2 aromatic carbocycles. The van der Waals surface area contributed by atoms with E-state index in [4.69, 9.17) is 4.74 Å². The van der Waals surface area contributed by atoms with Crippen molar-refractivity contribution in [1.29, 1.82) is 0 Å². The van der Waals surface area contributed by atoms with Crippen LogP contribution in [0.3, 0.4) is 0 Å². The number of Topliss-reactive ketones (excluding diaryl/α,β-unsaturated/α-hetero) is 1. The summed E-state index contributed by atoms with van der Waals surface area (Å²) in [5.41, 5.74) is 2.97. The predicted molar refractivity (Wildman–Crippen MR) is 136 cm³/mol. The molecule has 2 atom stereocenters. The Balaban J connectivity index is 1.42. The molecule has 0 saturated heterocycles. The van der Waals surface area contributed by atoms with Gasteiger partial charge in [-0.05, 0) is 49.3 Å². The first-order chi connectivity index (χ1) is 16.9. The standard InChI is InChI=1S/C27H30N2O5S/c1-17(30)28-22-15-19(11-12-25(22)35-2)24(31)16-34-27(33)21-9-5-4-8-20(21)26(32)29-14-13-18-7-3-6-10-23(18)29/h3,6-7,10-12,15,20-21H,4-5,8-9,13-14,16H2,1-2H3,(H,28,30). The van der Waals surface area contributed by atoms with Crippen LogP contribution in [-0.2, 0) is 25.5 Å². The molecular formula is C27H30N2O5S. The number of nitrogens with one attached hydrogen (secondary N) is 1. The summed E-state index contributed by atoms with van der Waals surface area (Å²) in [6.07, 6.45) is 5.66. The SMILES string of the molecule is CSc1ccc(C(=O)COC(=O)C2CCCCC2C(=O)N2CCc3ccccc32)cc1NC(C)=O. The second-order valence-electron chi connectivity index (χ2n) is 8.99.